The quantitative estimate of drug-likeness (QED) is 0.333. The molecule has 9 nitrogen and oxygen atoms in total. The monoisotopic (exact) mass is 657 g/mol. The van der Waals surface area contributed by atoms with Crippen molar-refractivity contribution >= 4 is 23.5 Å². The molecule has 0 radical (unpaired) electrons. The zero-order chi connectivity index (χ0) is 34.1. The Hall–Kier alpha value is -3.70. The fourth-order valence-electron chi connectivity index (χ4n) is 7.61. The lowest BCUT2D eigenvalue weighted by Gasteiger charge is -2.59. The van der Waals surface area contributed by atoms with E-state index in [1.54, 1.807) is 30.7 Å². The SMILES string of the molecule is CCC(=O)N[C@@H](C(=O)N1CC2(C1)CC(F)(F)C2)[C@@H](C)c1ccc(CC(=O)[C@@H](NC(=O)c2ccnn2CC)C2CCC(C)CC2)c(F)c1. The first-order valence-corrected chi connectivity index (χ1v) is 16.8. The predicted octanol–water partition coefficient (Wildman–Crippen LogP) is 5.03. The molecular formula is C35H46F3N5O4. The minimum Gasteiger partial charge on any atom is -0.344 e. The van der Waals surface area contributed by atoms with E-state index in [1.165, 1.54) is 23.2 Å². The molecule has 1 aromatic carbocycles. The van der Waals surface area contributed by atoms with Gasteiger partial charge in [0.1, 0.15) is 17.6 Å². The van der Waals surface area contributed by atoms with Crippen LogP contribution in [0.3, 0.4) is 0 Å². The number of likely N-dealkylation sites (tertiary alicyclic amines) is 1. The summed E-state index contributed by atoms with van der Waals surface area (Å²) in [7, 11) is 0. The number of hydrogen-bond acceptors (Lipinski definition) is 5. The zero-order valence-electron chi connectivity index (χ0n) is 27.7. The van der Waals surface area contributed by atoms with Crippen molar-refractivity contribution in [3.8, 4) is 0 Å². The highest BCUT2D eigenvalue weighted by molar-refractivity contribution is 5.97. The summed E-state index contributed by atoms with van der Waals surface area (Å²) in [6.07, 6.45) is 4.41. The number of rotatable bonds is 12. The summed E-state index contributed by atoms with van der Waals surface area (Å²) in [6, 6.07) is 4.27. The number of Topliss-reactive ketones (excluding diaryl/α,β-unsaturated/α-hetero) is 1. The van der Waals surface area contributed by atoms with Gasteiger partial charge in [0.2, 0.25) is 17.7 Å². The van der Waals surface area contributed by atoms with Crippen LogP contribution < -0.4 is 10.6 Å². The van der Waals surface area contributed by atoms with Gasteiger partial charge < -0.3 is 15.5 Å². The Morgan fingerprint density at radius 1 is 1.02 bits per heavy atom. The number of nitrogens with one attached hydrogen (secondary N) is 2. The molecule has 2 saturated carbocycles. The van der Waals surface area contributed by atoms with Gasteiger partial charge in [-0.3, -0.25) is 23.9 Å². The van der Waals surface area contributed by atoms with Crippen molar-refractivity contribution in [1.29, 1.82) is 0 Å². The topological polar surface area (TPSA) is 113 Å². The van der Waals surface area contributed by atoms with Gasteiger partial charge in [-0.1, -0.05) is 45.7 Å². The normalized spacial score (nSPS) is 23.2. The third-order valence-electron chi connectivity index (χ3n) is 10.4. The molecule has 3 amide bonds. The summed E-state index contributed by atoms with van der Waals surface area (Å²) in [4.78, 5) is 54.4. The van der Waals surface area contributed by atoms with Crippen LogP contribution in [0.4, 0.5) is 13.2 Å². The summed E-state index contributed by atoms with van der Waals surface area (Å²) in [5.41, 5.74) is 0.422. The molecule has 256 valence electrons. The highest BCUT2D eigenvalue weighted by Crippen LogP contribution is 2.56. The Morgan fingerprint density at radius 3 is 2.30 bits per heavy atom. The predicted molar refractivity (Wildman–Crippen MR) is 169 cm³/mol. The van der Waals surface area contributed by atoms with Crippen LogP contribution in [-0.4, -0.2) is 69.3 Å². The highest BCUT2D eigenvalue weighted by atomic mass is 19.3. The largest absolute Gasteiger partial charge is 0.344 e. The fraction of sp³-hybridized carbons (Fsp3) is 0.629. The van der Waals surface area contributed by atoms with Crippen LogP contribution in [0.5, 0.6) is 0 Å². The third kappa shape index (κ3) is 7.56. The molecule has 1 aliphatic heterocycles. The standard InChI is InChI=1S/C35H46F3N5O4/c1-5-29(45)40-30(33(47)42-19-34(20-42)17-35(37,38)18-34)22(4)24-11-12-25(26(36)15-24)16-28(44)31(23-9-7-21(3)8-10-23)41-32(46)27-13-14-39-43(27)6-2/h11-15,21-23,30-31H,5-10,16-20H2,1-4H3,(H,40,45)(H,41,46)/t21?,22-,23?,30+,31-/m0/s1. The molecule has 1 saturated heterocycles. The first kappa shape index (κ1) is 34.6. The number of nitrogens with zero attached hydrogens (tertiary/aromatic N) is 3. The van der Waals surface area contributed by atoms with Crippen LogP contribution in [0.25, 0.3) is 0 Å². The van der Waals surface area contributed by atoms with Crippen molar-refractivity contribution < 1.29 is 32.3 Å². The number of benzene rings is 1. The average molecular weight is 658 g/mol. The van der Waals surface area contributed by atoms with Gasteiger partial charge in [-0.2, -0.15) is 5.10 Å². The van der Waals surface area contributed by atoms with Crippen LogP contribution >= 0.6 is 0 Å². The molecule has 0 unspecified atom stereocenters. The van der Waals surface area contributed by atoms with Crippen molar-refractivity contribution in [3.63, 3.8) is 0 Å². The van der Waals surface area contributed by atoms with E-state index in [1.807, 2.05) is 6.92 Å². The second-order valence-corrected chi connectivity index (χ2v) is 14.1. The molecule has 2 N–H and O–H groups in total. The van der Waals surface area contributed by atoms with Gasteiger partial charge in [0, 0.05) is 62.8 Å². The van der Waals surface area contributed by atoms with Crippen molar-refractivity contribution in [3.05, 3.63) is 53.1 Å². The van der Waals surface area contributed by atoms with Crippen LogP contribution in [0.2, 0.25) is 0 Å². The van der Waals surface area contributed by atoms with Gasteiger partial charge >= 0.3 is 0 Å². The van der Waals surface area contributed by atoms with E-state index in [0.717, 1.165) is 25.7 Å². The number of halogens is 3. The maximum atomic E-state index is 15.7. The van der Waals surface area contributed by atoms with E-state index in [2.05, 4.69) is 22.7 Å². The van der Waals surface area contributed by atoms with Crippen LogP contribution in [0.15, 0.2) is 30.5 Å². The molecular weight excluding hydrogens is 611 g/mol. The third-order valence-corrected chi connectivity index (χ3v) is 10.4. The smallest absolute Gasteiger partial charge is 0.270 e. The second-order valence-electron chi connectivity index (χ2n) is 14.1. The van der Waals surface area contributed by atoms with Crippen LogP contribution in [-0.2, 0) is 27.3 Å². The average Bonchev–Trinajstić information content (AvgIpc) is 3.50. The molecule has 1 aromatic heterocycles. The lowest BCUT2D eigenvalue weighted by molar-refractivity contribution is -0.215. The number of amides is 3. The minimum atomic E-state index is -2.70. The lowest BCUT2D eigenvalue weighted by Crippen LogP contribution is -2.69. The number of aryl methyl sites for hydroxylation is 1. The van der Waals surface area contributed by atoms with E-state index in [4.69, 9.17) is 0 Å². The Morgan fingerprint density at radius 2 is 1.70 bits per heavy atom. The van der Waals surface area contributed by atoms with Crippen molar-refractivity contribution in [1.82, 2.24) is 25.3 Å². The zero-order valence-corrected chi connectivity index (χ0v) is 27.7. The van der Waals surface area contributed by atoms with E-state index in [-0.39, 0.29) is 67.9 Å². The molecule has 5 rings (SSSR count). The van der Waals surface area contributed by atoms with Crippen LogP contribution in [0.1, 0.15) is 100 Å². The van der Waals surface area contributed by atoms with E-state index in [0.29, 0.717) is 23.7 Å². The van der Waals surface area contributed by atoms with Crippen LogP contribution in [0, 0.1) is 23.1 Å². The van der Waals surface area contributed by atoms with Crippen molar-refractivity contribution in [2.75, 3.05) is 13.1 Å². The summed E-state index contributed by atoms with van der Waals surface area (Å²) < 4.78 is 44.3. The second kappa shape index (κ2) is 13.8. The summed E-state index contributed by atoms with van der Waals surface area (Å²) in [5.74, 6) is -4.89. The fourth-order valence-corrected chi connectivity index (χ4v) is 7.61. The maximum absolute atomic E-state index is 15.7. The summed E-state index contributed by atoms with van der Waals surface area (Å²) in [6.45, 7) is 8.33. The van der Waals surface area contributed by atoms with Gasteiger partial charge in [0.05, 0.1) is 6.04 Å². The van der Waals surface area contributed by atoms with E-state index in [9.17, 15) is 28.0 Å². The number of hydrogen-bond donors (Lipinski definition) is 2. The number of alkyl halides is 2. The molecule has 1 spiro atoms. The number of carbonyl (C=O) groups excluding carboxylic acids is 4. The Labute approximate surface area is 274 Å². The maximum Gasteiger partial charge on any atom is 0.270 e. The summed E-state index contributed by atoms with van der Waals surface area (Å²) in [5, 5.41) is 9.85. The van der Waals surface area contributed by atoms with Gasteiger partial charge in [0.25, 0.3) is 5.91 Å². The first-order chi connectivity index (χ1) is 22.2. The molecule has 3 fully saturated rings. The van der Waals surface area contributed by atoms with Gasteiger partial charge in [-0.05, 0) is 54.9 Å². The van der Waals surface area contributed by atoms with Gasteiger partial charge in [0.15, 0.2) is 5.78 Å². The number of carbonyl (C=O) groups is 4. The lowest BCUT2D eigenvalue weighted by atomic mass is 9.61. The Kier molecular flexibility index (Phi) is 10.2. The van der Waals surface area contributed by atoms with Gasteiger partial charge in [-0.15, -0.1) is 0 Å². The Bertz CT molecular complexity index is 1490. The van der Waals surface area contributed by atoms with Gasteiger partial charge in [-0.25, -0.2) is 13.2 Å². The molecule has 12 heteroatoms. The van der Waals surface area contributed by atoms with Crippen molar-refractivity contribution in [2.45, 2.75) is 110 Å². The van der Waals surface area contributed by atoms with E-state index >= 15 is 4.39 Å². The molecule has 2 heterocycles. The number of aromatic nitrogens is 2. The number of ketones is 1. The molecule has 3 aliphatic rings. The van der Waals surface area contributed by atoms with Crippen molar-refractivity contribution in [2.24, 2.45) is 17.3 Å². The highest BCUT2D eigenvalue weighted by Gasteiger charge is 2.63. The Balaban J connectivity index is 1.30. The minimum absolute atomic E-state index is 0.0660. The molecule has 47 heavy (non-hydrogen) atoms. The molecule has 3 atom stereocenters. The molecule has 2 aromatic rings. The first-order valence-electron chi connectivity index (χ1n) is 16.8. The molecule has 2 aliphatic carbocycles. The summed E-state index contributed by atoms with van der Waals surface area (Å²) >= 11 is 0. The molecule has 0 bridgehead atoms. The van der Waals surface area contributed by atoms with E-state index < -0.39 is 41.1 Å².